The SMILES string of the molecule is O=C(O)c1ccc(N2CCCCCCC2)nn1. The molecule has 1 aromatic rings. The molecule has 5 heteroatoms. The van der Waals surface area contributed by atoms with Crippen LogP contribution in [0.4, 0.5) is 5.82 Å². The number of aromatic nitrogens is 2. The lowest BCUT2D eigenvalue weighted by atomic mass is 10.1. The Morgan fingerprint density at radius 1 is 1.06 bits per heavy atom. The summed E-state index contributed by atoms with van der Waals surface area (Å²) in [6, 6.07) is 3.27. The van der Waals surface area contributed by atoms with E-state index in [0.29, 0.717) is 0 Å². The van der Waals surface area contributed by atoms with E-state index >= 15 is 0 Å². The Morgan fingerprint density at radius 2 is 1.71 bits per heavy atom. The molecule has 1 fully saturated rings. The number of rotatable bonds is 2. The first-order chi connectivity index (χ1) is 8.27. The molecule has 0 radical (unpaired) electrons. The monoisotopic (exact) mass is 235 g/mol. The van der Waals surface area contributed by atoms with Crippen molar-refractivity contribution in [3.05, 3.63) is 17.8 Å². The van der Waals surface area contributed by atoms with E-state index in [1.165, 1.54) is 38.2 Å². The summed E-state index contributed by atoms with van der Waals surface area (Å²) in [7, 11) is 0. The van der Waals surface area contributed by atoms with Gasteiger partial charge in [-0.2, -0.15) is 0 Å². The molecule has 0 saturated carbocycles. The molecular weight excluding hydrogens is 218 g/mol. The van der Waals surface area contributed by atoms with Gasteiger partial charge in [0.25, 0.3) is 0 Å². The summed E-state index contributed by atoms with van der Waals surface area (Å²) in [5.74, 6) is -0.242. The largest absolute Gasteiger partial charge is 0.476 e. The third-order valence-corrected chi connectivity index (χ3v) is 3.05. The van der Waals surface area contributed by atoms with Gasteiger partial charge in [-0.3, -0.25) is 0 Å². The predicted octanol–water partition coefficient (Wildman–Crippen LogP) is 1.95. The smallest absolute Gasteiger partial charge is 0.356 e. The normalized spacial score (nSPS) is 17.3. The minimum Gasteiger partial charge on any atom is -0.476 e. The summed E-state index contributed by atoms with van der Waals surface area (Å²) < 4.78 is 0. The molecule has 0 bridgehead atoms. The fraction of sp³-hybridized carbons (Fsp3) is 0.583. The molecule has 1 aliphatic rings. The van der Waals surface area contributed by atoms with Crippen LogP contribution in [0.1, 0.15) is 42.6 Å². The number of nitrogens with zero attached hydrogens (tertiary/aromatic N) is 3. The van der Waals surface area contributed by atoms with E-state index in [9.17, 15) is 4.79 Å². The molecule has 17 heavy (non-hydrogen) atoms. The van der Waals surface area contributed by atoms with Crippen LogP contribution in [0.25, 0.3) is 0 Å². The predicted molar refractivity (Wildman–Crippen MR) is 64.3 cm³/mol. The highest BCUT2D eigenvalue weighted by molar-refractivity contribution is 5.85. The second-order valence-corrected chi connectivity index (χ2v) is 4.34. The Morgan fingerprint density at radius 3 is 2.24 bits per heavy atom. The van der Waals surface area contributed by atoms with Gasteiger partial charge in [-0.05, 0) is 25.0 Å². The third-order valence-electron chi connectivity index (χ3n) is 3.05. The van der Waals surface area contributed by atoms with Gasteiger partial charge in [-0.25, -0.2) is 4.79 Å². The quantitative estimate of drug-likeness (QED) is 0.848. The Kier molecular flexibility index (Phi) is 3.90. The highest BCUT2D eigenvalue weighted by Gasteiger charge is 2.12. The summed E-state index contributed by atoms with van der Waals surface area (Å²) in [4.78, 5) is 12.9. The van der Waals surface area contributed by atoms with Gasteiger partial charge in [-0.15, -0.1) is 10.2 Å². The van der Waals surface area contributed by atoms with Gasteiger partial charge in [0.15, 0.2) is 11.5 Å². The summed E-state index contributed by atoms with van der Waals surface area (Å²) in [5.41, 5.74) is 0.000735. The summed E-state index contributed by atoms with van der Waals surface area (Å²) in [5, 5.41) is 16.5. The van der Waals surface area contributed by atoms with Crippen LogP contribution < -0.4 is 4.90 Å². The number of carboxylic acid groups (broad SMARTS) is 1. The summed E-state index contributed by atoms with van der Waals surface area (Å²) in [6.45, 7) is 1.97. The van der Waals surface area contributed by atoms with Crippen LogP contribution in [-0.4, -0.2) is 34.4 Å². The van der Waals surface area contributed by atoms with Crippen LogP contribution in [0.2, 0.25) is 0 Å². The third kappa shape index (κ3) is 3.15. The van der Waals surface area contributed by atoms with Crippen molar-refractivity contribution in [3.63, 3.8) is 0 Å². The lowest BCUT2D eigenvalue weighted by Crippen LogP contribution is -2.28. The Hall–Kier alpha value is -1.65. The number of anilines is 1. The van der Waals surface area contributed by atoms with Crippen molar-refractivity contribution in [2.75, 3.05) is 18.0 Å². The molecular formula is C12H17N3O2. The molecule has 0 amide bonds. The second-order valence-electron chi connectivity index (χ2n) is 4.34. The topological polar surface area (TPSA) is 66.3 Å². The Balaban J connectivity index is 2.06. The van der Waals surface area contributed by atoms with Crippen molar-refractivity contribution in [1.82, 2.24) is 10.2 Å². The molecule has 1 aromatic heterocycles. The zero-order valence-electron chi connectivity index (χ0n) is 9.80. The molecule has 2 rings (SSSR count). The van der Waals surface area contributed by atoms with E-state index in [2.05, 4.69) is 15.1 Å². The van der Waals surface area contributed by atoms with E-state index in [-0.39, 0.29) is 5.69 Å². The van der Waals surface area contributed by atoms with Crippen molar-refractivity contribution in [2.24, 2.45) is 0 Å². The fourth-order valence-corrected chi connectivity index (χ4v) is 2.08. The maximum Gasteiger partial charge on any atom is 0.356 e. The molecule has 5 nitrogen and oxygen atoms in total. The Labute approximate surface area is 100 Å². The maximum absolute atomic E-state index is 10.7. The van der Waals surface area contributed by atoms with Crippen LogP contribution >= 0.6 is 0 Å². The molecule has 0 aliphatic carbocycles. The van der Waals surface area contributed by atoms with E-state index in [1.54, 1.807) is 6.07 Å². The van der Waals surface area contributed by atoms with Crippen LogP contribution in [0.15, 0.2) is 12.1 Å². The minimum atomic E-state index is -1.03. The number of aromatic carboxylic acids is 1. The van der Waals surface area contributed by atoms with Gasteiger partial charge in [0.2, 0.25) is 0 Å². The van der Waals surface area contributed by atoms with Crippen LogP contribution in [0.5, 0.6) is 0 Å². The van der Waals surface area contributed by atoms with Crippen LogP contribution in [-0.2, 0) is 0 Å². The van der Waals surface area contributed by atoms with Crippen molar-refractivity contribution in [2.45, 2.75) is 32.1 Å². The van der Waals surface area contributed by atoms with E-state index in [4.69, 9.17) is 5.11 Å². The number of hydrogen-bond acceptors (Lipinski definition) is 4. The van der Waals surface area contributed by atoms with Gasteiger partial charge < -0.3 is 10.0 Å². The zero-order chi connectivity index (χ0) is 12.1. The van der Waals surface area contributed by atoms with Crippen LogP contribution in [0.3, 0.4) is 0 Å². The first kappa shape index (κ1) is 11.8. The summed E-state index contributed by atoms with van der Waals surface area (Å²) in [6.07, 6.45) is 6.18. The maximum atomic E-state index is 10.7. The highest BCUT2D eigenvalue weighted by atomic mass is 16.4. The molecule has 0 atom stereocenters. The standard InChI is InChI=1S/C12H17N3O2/c16-12(17)10-6-7-11(14-13-10)15-8-4-2-1-3-5-9-15/h6-7H,1-5,8-9H2,(H,16,17). The molecule has 92 valence electrons. The first-order valence-corrected chi connectivity index (χ1v) is 6.09. The van der Waals surface area contributed by atoms with Gasteiger partial charge >= 0.3 is 5.97 Å². The molecule has 1 saturated heterocycles. The van der Waals surface area contributed by atoms with Gasteiger partial charge in [0.05, 0.1) is 0 Å². The molecule has 0 aromatic carbocycles. The van der Waals surface area contributed by atoms with Crippen molar-refractivity contribution in [3.8, 4) is 0 Å². The number of carboxylic acids is 1. The van der Waals surface area contributed by atoms with Crippen molar-refractivity contribution < 1.29 is 9.90 Å². The van der Waals surface area contributed by atoms with E-state index in [1.807, 2.05) is 0 Å². The number of hydrogen-bond donors (Lipinski definition) is 1. The van der Waals surface area contributed by atoms with Crippen molar-refractivity contribution in [1.29, 1.82) is 0 Å². The van der Waals surface area contributed by atoms with E-state index < -0.39 is 5.97 Å². The second kappa shape index (κ2) is 5.61. The molecule has 0 unspecified atom stereocenters. The molecule has 1 N–H and O–H groups in total. The molecule has 1 aliphatic heterocycles. The number of carbonyl (C=O) groups is 1. The lowest BCUT2D eigenvalue weighted by molar-refractivity contribution is 0.0689. The average Bonchev–Trinajstić information content (AvgIpc) is 2.29. The highest BCUT2D eigenvalue weighted by Crippen LogP contribution is 2.16. The Bertz CT molecular complexity index is 370. The molecule has 2 heterocycles. The average molecular weight is 235 g/mol. The van der Waals surface area contributed by atoms with E-state index in [0.717, 1.165) is 18.9 Å². The zero-order valence-corrected chi connectivity index (χ0v) is 9.80. The van der Waals surface area contributed by atoms with Gasteiger partial charge in [-0.1, -0.05) is 19.3 Å². The minimum absolute atomic E-state index is 0.000735. The first-order valence-electron chi connectivity index (χ1n) is 6.09. The van der Waals surface area contributed by atoms with Gasteiger partial charge in [0, 0.05) is 13.1 Å². The molecule has 0 spiro atoms. The van der Waals surface area contributed by atoms with Gasteiger partial charge in [0.1, 0.15) is 0 Å². The summed E-state index contributed by atoms with van der Waals surface area (Å²) >= 11 is 0. The van der Waals surface area contributed by atoms with Crippen molar-refractivity contribution >= 4 is 11.8 Å². The fourth-order valence-electron chi connectivity index (χ4n) is 2.08. The lowest BCUT2D eigenvalue weighted by Gasteiger charge is -2.25. The van der Waals surface area contributed by atoms with Crippen LogP contribution in [0, 0.1) is 0 Å².